The normalized spacial score (nSPS) is 17.1. The molecule has 1 saturated heterocycles. The zero-order valence-corrected chi connectivity index (χ0v) is 10.3. The van der Waals surface area contributed by atoms with Gasteiger partial charge in [0, 0.05) is 19.3 Å². The first-order valence-corrected chi connectivity index (χ1v) is 6.11. The highest BCUT2D eigenvalue weighted by molar-refractivity contribution is 5.49. The van der Waals surface area contributed by atoms with Gasteiger partial charge in [0.05, 0.1) is 5.56 Å². The predicted octanol–water partition coefficient (Wildman–Crippen LogP) is 3.34. The highest BCUT2D eigenvalue weighted by Gasteiger charge is 2.34. The van der Waals surface area contributed by atoms with E-state index in [-0.39, 0.29) is 0 Å². The van der Waals surface area contributed by atoms with Gasteiger partial charge in [0.25, 0.3) is 0 Å². The molecule has 0 aromatic heterocycles. The number of hydrogen-bond acceptors (Lipinski definition) is 2. The maximum absolute atomic E-state index is 13.0. The van der Waals surface area contributed by atoms with Crippen molar-refractivity contribution < 1.29 is 13.2 Å². The largest absolute Gasteiger partial charge is 0.416 e. The minimum atomic E-state index is -4.29. The summed E-state index contributed by atoms with van der Waals surface area (Å²) >= 11 is 0. The molecule has 100 valence electrons. The maximum atomic E-state index is 13.0. The SMILES string of the molecule is CNc1ccc(CN2CCCC2)c(C(F)(F)F)c1. The first-order valence-electron chi connectivity index (χ1n) is 6.11. The molecule has 0 spiro atoms. The maximum Gasteiger partial charge on any atom is 0.416 e. The van der Waals surface area contributed by atoms with Crippen LogP contribution in [0.15, 0.2) is 18.2 Å². The van der Waals surface area contributed by atoms with Crippen LogP contribution in [-0.2, 0) is 12.7 Å². The molecule has 1 aromatic rings. The Morgan fingerprint density at radius 1 is 1.22 bits per heavy atom. The molecule has 2 nitrogen and oxygen atoms in total. The second kappa shape index (κ2) is 5.18. The van der Waals surface area contributed by atoms with E-state index in [1.807, 2.05) is 0 Å². The van der Waals surface area contributed by atoms with Gasteiger partial charge in [0.1, 0.15) is 0 Å². The van der Waals surface area contributed by atoms with Crippen LogP contribution >= 0.6 is 0 Å². The molecule has 0 atom stereocenters. The van der Waals surface area contributed by atoms with Crippen LogP contribution in [0.4, 0.5) is 18.9 Å². The average Bonchev–Trinajstić information content (AvgIpc) is 2.81. The summed E-state index contributed by atoms with van der Waals surface area (Å²) in [6.07, 6.45) is -2.13. The van der Waals surface area contributed by atoms with E-state index in [9.17, 15) is 13.2 Å². The van der Waals surface area contributed by atoms with Crippen molar-refractivity contribution in [1.29, 1.82) is 0 Å². The van der Waals surface area contributed by atoms with Crippen molar-refractivity contribution in [2.45, 2.75) is 25.6 Å². The Morgan fingerprint density at radius 2 is 1.89 bits per heavy atom. The molecule has 2 rings (SSSR count). The minimum absolute atomic E-state index is 0.364. The summed E-state index contributed by atoms with van der Waals surface area (Å²) in [5, 5.41) is 2.75. The number of halogens is 3. The third kappa shape index (κ3) is 2.96. The standard InChI is InChI=1S/C13H17F3N2/c1-17-11-5-4-10(9-18-6-2-3-7-18)12(8-11)13(14,15)16/h4-5,8,17H,2-3,6-7,9H2,1H3. The van der Waals surface area contributed by atoms with Crippen molar-refractivity contribution >= 4 is 5.69 Å². The number of hydrogen-bond donors (Lipinski definition) is 1. The lowest BCUT2D eigenvalue weighted by Crippen LogP contribution is -2.21. The molecule has 1 N–H and O–H groups in total. The molecule has 1 fully saturated rings. The summed E-state index contributed by atoms with van der Waals surface area (Å²) in [4.78, 5) is 2.07. The van der Waals surface area contributed by atoms with Crippen molar-refractivity contribution in [3.8, 4) is 0 Å². The van der Waals surface area contributed by atoms with Gasteiger partial charge in [-0.05, 0) is 43.6 Å². The van der Waals surface area contributed by atoms with Crippen LogP contribution in [0.1, 0.15) is 24.0 Å². The molecule has 1 heterocycles. The quantitative estimate of drug-likeness (QED) is 0.894. The van der Waals surface area contributed by atoms with Gasteiger partial charge in [0.15, 0.2) is 0 Å². The summed E-state index contributed by atoms with van der Waals surface area (Å²) in [5.74, 6) is 0. The first kappa shape index (κ1) is 13.2. The van der Waals surface area contributed by atoms with Crippen LogP contribution in [0.2, 0.25) is 0 Å². The summed E-state index contributed by atoms with van der Waals surface area (Å²) in [7, 11) is 1.62. The van der Waals surface area contributed by atoms with Gasteiger partial charge in [0.2, 0.25) is 0 Å². The second-order valence-corrected chi connectivity index (χ2v) is 4.60. The zero-order valence-electron chi connectivity index (χ0n) is 10.3. The fourth-order valence-corrected chi connectivity index (χ4v) is 2.32. The third-order valence-corrected chi connectivity index (χ3v) is 3.30. The molecule has 1 aromatic carbocycles. The molecule has 0 radical (unpaired) electrons. The Hall–Kier alpha value is -1.23. The van der Waals surface area contributed by atoms with Crippen molar-refractivity contribution in [3.63, 3.8) is 0 Å². The summed E-state index contributed by atoms with van der Waals surface area (Å²) in [6.45, 7) is 2.18. The molecule has 1 aliphatic heterocycles. The van der Waals surface area contributed by atoms with Gasteiger partial charge in [-0.2, -0.15) is 13.2 Å². The molecule has 0 saturated carbocycles. The van der Waals surface area contributed by atoms with E-state index in [2.05, 4.69) is 10.2 Å². The van der Waals surface area contributed by atoms with Gasteiger partial charge in [-0.25, -0.2) is 0 Å². The summed E-state index contributed by atoms with van der Waals surface area (Å²) in [6, 6.07) is 4.46. The number of nitrogens with zero attached hydrogens (tertiary/aromatic N) is 1. The van der Waals surface area contributed by atoms with Gasteiger partial charge in [-0.1, -0.05) is 6.07 Å². The van der Waals surface area contributed by atoms with E-state index in [0.717, 1.165) is 25.9 Å². The number of rotatable bonds is 3. The molecule has 0 unspecified atom stereocenters. The highest BCUT2D eigenvalue weighted by atomic mass is 19.4. The lowest BCUT2D eigenvalue weighted by molar-refractivity contribution is -0.138. The number of alkyl halides is 3. The predicted molar refractivity (Wildman–Crippen MR) is 65.5 cm³/mol. The van der Waals surface area contributed by atoms with Crippen molar-refractivity contribution in [2.75, 3.05) is 25.5 Å². The lowest BCUT2D eigenvalue weighted by atomic mass is 10.1. The summed E-state index contributed by atoms with van der Waals surface area (Å²) in [5.41, 5.74) is 0.331. The number of anilines is 1. The van der Waals surface area contributed by atoms with Crippen LogP contribution in [0, 0.1) is 0 Å². The fraction of sp³-hybridized carbons (Fsp3) is 0.538. The average molecular weight is 258 g/mol. The third-order valence-electron chi connectivity index (χ3n) is 3.30. The Balaban J connectivity index is 2.27. The van der Waals surface area contributed by atoms with Gasteiger partial charge in [-0.15, -0.1) is 0 Å². The molecule has 5 heteroatoms. The molecular formula is C13H17F3N2. The molecule has 1 aliphatic rings. The van der Waals surface area contributed by atoms with Crippen LogP contribution in [-0.4, -0.2) is 25.0 Å². The molecular weight excluding hydrogens is 241 g/mol. The van der Waals surface area contributed by atoms with Crippen molar-refractivity contribution in [1.82, 2.24) is 4.90 Å². The van der Waals surface area contributed by atoms with E-state index in [1.54, 1.807) is 19.2 Å². The minimum Gasteiger partial charge on any atom is -0.388 e. The van der Waals surface area contributed by atoms with Crippen molar-refractivity contribution in [3.05, 3.63) is 29.3 Å². The van der Waals surface area contributed by atoms with E-state index >= 15 is 0 Å². The van der Waals surface area contributed by atoms with Gasteiger partial charge < -0.3 is 5.32 Å². The molecule has 18 heavy (non-hydrogen) atoms. The van der Waals surface area contributed by atoms with E-state index in [4.69, 9.17) is 0 Å². The Morgan fingerprint density at radius 3 is 2.44 bits per heavy atom. The monoisotopic (exact) mass is 258 g/mol. The fourth-order valence-electron chi connectivity index (χ4n) is 2.32. The van der Waals surface area contributed by atoms with Gasteiger partial charge in [-0.3, -0.25) is 4.90 Å². The summed E-state index contributed by atoms with van der Waals surface area (Å²) < 4.78 is 39.0. The zero-order chi connectivity index (χ0) is 13.2. The van der Waals surface area contributed by atoms with E-state index in [1.165, 1.54) is 6.07 Å². The molecule has 0 aliphatic carbocycles. The first-order chi connectivity index (χ1) is 8.50. The highest BCUT2D eigenvalue weighted by Crippen LogP contribution is 2.34. The second-order valence-electron chi connectivity index (χ2n) is 4.60. The van der Waals surface area contributed by atoms with Crippen LogP contribution < -0.4 is 5.32 Å². The Kier molecular flexibility index (Phi) is 3.80. The smallest absolute Gasteiger partial charge is 0.388 e. The number of likely N-dealkylation sites (tertiary alicyclic amines) is 1. The molecule has 0 bridgehead atoms. The number of benzene rings is 1. The van der Waals surface area contributed by atoms with E-state index < -0.39 is 11.7 Å². The lowest BCUT2D eigenvalue weighted by Gasteiger charge is -2.19. The molecule has 0 amide bonds. The van der Waals surface area contributed by atoms with Crippen LogP contribution in [0.3, 0.4) is 0 Å². The van der Waals surface area contributed by atoms with E-state index in [0.29, 0.717) is 17.8 Å². The Bertz CT molecular complexity index is 409. The number of nitrogens with one attached hydrogen (secondary N) is 1. The topological polar surface area (TPSA) is 15.3 Å². The van der Waals surface area contributed by atoms with Gasteiger partial charge >= 0.3 is 6.18 Å². The van der Waals surface area contributed by atoms with Crippen molar-refractivity contribution in [2.24, 2.45) is 0 Å². The Labute approximate surface area is 105 Å². The van der Waals surface area contributed by atoms with Crippen LogP contribution in [0.5, 0.6) is 0 Å². The van der Waals surface area contributed by atoms with Crippen LogP contribution in [0.25, 0.3) is 0 Å².